The van der Waals surface area contributed by atoms with Crippen LogP contribution in [0, 0.1) is 29.6 Å². The van der Waals surface area contributed by atoms with E-state index in [9.17, 15) is 4.79 Å². The van der Waals surface area contributed by atoms with Gasteiger partial charge in [0.25, 0.3) is 0 Å². The zero-order chi connectivity index (χ0) is 14.8. The van der Waals surface area contributed by atoms with Gasteiger partial charge in [0.05, 0.1) is 5.69 Å². The Labute approximate surface area is 124 Å². The van der Waals surface area contributed by atoms with Crippen molar-refractivity contribution in [1.82, 2.24) is 4.37 Å². The first-order chi connectivity index (χ1) is 9.41. The molecule has 1 unspecified atom stereocenters. The number of rotatable bonds is 3. The molecule has 1 amide bonds. The van der Waals surface area contributed by atoms with Crippen LogP contribution in [0.1, 0.15) is 57.2 Å². The number of anilines is 1. The highest BCUT2D eigenvalue weighted by Gasteiger charge is 2.29. The number of hydrogen-bond donors (Lipinski definition) is 1. The highest BCUT2D eigenvalue weighted by Crippen LogP contribution is 2.40. The van der Waals surface area contributed by atoms with Gasteiger partial charge in [0.15, 0.2) is 0 Å². The number of aromatic nitrogens is 1. The Bertz CT molecular complexity index is 542. The van der Waals surface area contributed by atoms with Crippen molar-refractivity contribution >= 4 is 22.4 Å². The molecule has 1 saturated carbocycles. The van der Waals surface area contributed by atoms with Crippen molar-refractivity contribution in [2.45, 2.75) is 52.9 Å². The second kappa shape index (κ2) is 5.92. The quantitative estimate of drug-likeness (QED) is 0.919. The van der Waals surface area contributed by atoms with Crippen LogP contribution in [0.3, 0.4) is 0 Å². The van der Waals surface area contributed by atoms with Crippen LogP contribution in [-0.4, -0.2) is 10.3 Å². The molecule has 1 atom stereocenters. The summed E-state index contributed by atoms with van der Waals surface area (Å²) in [5, 5.41) is 12.5. The minimum atomic E-state index is 0.00727. The summed E-state index contributed by atoms with van der Waals surface area (Å²) >= 11 is 1.19. The van der Waals surface area contributed by atoms with Crippen LogP contribution < -0.4 is 5.32 Å². The van der Waals surface area contributed by atoms with Gasteiger partial charge in [0.1, 0.15) is 16.6 Å². The predicted octanol–water partition coefficient (Wildman–Crippen LogP) is 3.87. The van der Waals surface area contributed by atoms with E-state index in [1.807, 2.05) is 0 Å². The van der Waals surface area contributed by atoms with Crippen LogP contribution in [0.15, 0.2) is 0 Å². The third-order valence-electron chi connectivity index (χ3n) is 4.01. The molecule has 1 fully saturated rings. The Balaban J connectivity index is 1.94. The summed E-state index contributed by atoms with van der Waals surface area (Å²) in [5.74, 6) is 0.464. The first kappa shape index (κ1) is 15.0. The second-order valence-electron chi connectivity index (χ2n) is 6.46. The summed E-state index contributed by atoms with van der Waals surface area (Å²) in [6, 6.07) is 2.10. The topological polar surface area (TPSA) is 65.8 Å². The third-order valence-corrected chi connectivity index (χ3v) is 4.86. The molecule has 1 aromatic heterocycles. The van der Waals surface area contributed by atoms with Gasteiger partial charge in [0.2, 0.25) is 5.91 Å². The fourth-order valence-corrected chi connectivity index (χ4v) is 3.82. The van der Waals surface area contributed by atoms with E-state index in [0.29, 0.717) is 34.0 Å². The Morgan fingerprint density at radius 2 is 2.35 bits per heavy atom. The summed E-state index contributed by atoms with van der Waals surface area (Å²) in [6.45, 7) is 6.34. The number of nitriles is 1. The number of amides is 1. The molecule has 20 heavy (non-hydrogen) atoms. The van der Waals surface area contributed by atoms with Gasteiger partial charge in [-0.1, -0.05) is 20.3 Å². The number of aryl methyl sites for hydroxylation is 1. The molecule has 4 nitrogen and oxygen atoms in total. The molecule has 0 aliphatic heterocycles. The SMILES string of the molecule is Cc1nsc(NC(=O)CC2CCCC(C)(C)C2)c1C#N. The first-order valence-electron chi connectivity index (χ1n) is 7.07. The molecule has 0 bridgehead atoms. The van der Waals surface area contributed by atoms with Gasteiger partial charge in [0, 0.05) is 6.42 Å². The van der Waals surface area contributed by atoms with Crippen molar-refractivity contribution in [2.24, 2.45) is 11.3 Å². The number of carbonyl (C=O) groups is 1. The lowest BCUT2D eigenvalue weighted by atomic mass is 9.71. The minimum absolute atomic E-state index is 0.00727. The maximum atomic E-state index is 12.1. The van der Waals surface area contributed by atoms with Crippen LogP contribution >= 0.6 is 11.5 Å². The molecule has 0 spiro atoms. The van der Waals surface area contributed by atoms with Gasteiger partial charge in [-0.05, 0) is 49.1 Å². The number of hydrogen-bond acceptors (Lipinski definition) is 4. The van der Waals surface area contributed by atoms with Gasteiger partial charge in [-0.25, -0.2) is 0 Å². The smallest absolute Gasteiger partial charge is 0.225 e. The second-order valence-corrected chi connectivity index (χ2v) is 7.24. The largest absolute Gasteiger partial charge is 0.315 e. The van der Waals surface area contributed by atoms with Crippen molar-refractivity contribution in [3.05, 3.63) is 11.3 Å². The molecule has 5 heteroatoms. The van der Waals surface area contributed by atoms with E-state index < -0.39 is 0 Å². The maximum absolute atomic E-state index is 12.1. The highest BCUT2D eigenvalue weighted by atomic mass is 32.1. The lowest BCUT2D eigenvalue weighted by molar-refractivity contribution is -0.117. The van der Waals surface area contributed by atoms with Gasteiger partial charge < -0.3 is 5.32 Å². The molecule has 0 radical (unpaired) electrons. The van der Waals surface area contributed by atoms with E-state index >= 15 is 0 Å². The lowest BCUT2D eigenvalue weighted by Gasteiger charge is -2.34. The Kier molecular flexibility index (Phi) is 4.44. The fourth-order valence-electron chi connectivity index (χ4n) is 3.06. The Morgan fingerprint density at radius 1 is 1.60 bits per heavy atom. The van der Waals surface area contributed by atoms with E-state index in [4.69, 9.17) is 5.26 Å². The van der Waals surface area contributed by atoms with Crippen molar-refractivity contribution < 1.29 is 4.79 Å². The van der Waals surface area contributed by atoms with Crippen LogP contribution in [0.5, 0.6) is 0 Å². The summed E-state index contributed by atoms with van der Waals surface area (Å²) in [5.41, 5.74) is 1.53. The predicted molar refractivity (Wildman–Crippen MR) is 80.6 cm³/mol. The monoisotopic (exact) mass is 291 g/mol. The molecule has 1 heterocycles. The number of carbonyl (C=O) groups excluding carboxylic acids is 1. The number of nitrogens with one attached hydrogen (secondary N) is 1. The zero-order valence-corrected chi connectivity index (χ0v) is 13.1. The molecule has 1 N–H and O–H groups in total. The van der Waals surface area contributed by atoms with Crippen LogP contribution in [0.4, 0.5) is 5.00 Å². The Morgan fingerprint density at radius 3 is 3.00 bits per heavy atom. The highest BCUT2D eigenvalue weighted by molar-refractivity contribution is 7.10. The van der Waals surface area contributed by atoms with E-state index in [2.05, 4.69) is 29.6 Å². The van der Waals surface area contributed by atoms with E-state index in [0.717, 1.165) is 12.8 Å². The van der Waals surface area contributed by atoms with Gasteiger partial charge in [-0.3, -0.25) is 4.79 Å². The standard InChI is InChI=1S/C15H21N3OS/c1-10-12(9-16)14(20-18-10)17-13(19)7-11-5-4-6-15(2,3)8-11/h11H,4-8H2,1-3H3,(H,17,19). The van der Waals surface area contributed by atoms with Gasteiger partial charge in [-0.15, -0.1) is 0 Å². The van der Waals surface area contributed by atoms with Crippen LogP contribution in [0.25, 0.3) is 0 Å². The molecule has 0 aromatic carbocycles. The average molecular weight is 291 g/mol. The summed E-state index contributed by atoms with van der Waals surface area (Å²) in [4.78, 5) is 12.1. The number of nitrogens with zero attached hydrogens (tertiary/aromatic N) is 2. The molecule has 1 aliphatic carbocycles. The normalized spacial score (nSPS) is 21.2. The maximum Gasteiger partial charge on any atom is 0.225 e. The van der Waals surface area contributed by atoms with Crippen molar-refractivity contribution in [1.29, 1.82) is 5.26 Å². The lowest BCUT2D eigenvalue weighted by Crippen LogP contribution is -2.26. The van der Waals surface area contributed by atoms with E-state index in [1.165, 1.54) is 24.4 Å². The van der Waals surface area contributed by atoms with E-state index in [1.54, 1.807) is 6.92 Å². The molecule has 2 rings (SSSR count). The van der Waals surface area contributed by atoms with E-state index in [-0.39, 0.29) is 5.91 Å². The van der Waals surface area contributed by atoms with Gasteiger partial charge >= 0.3 is 0 Å². The summed E-state index contributed by atoms with van der Waals surface area (Å²) < 4.78 is 4.11. The molecule has 1 aliphatic rings. The molecular weight excluding hydrogens is 270 g/mol. The molecule has 108 valence electrons. The zero-order valence-electron chi connectivity index (χ0n) is 12.3. The van der Waals surface area contributed by atoms with Crippen molar-refractivity contribution in [2.75, 3.05) is 5.32 Å². The van der Waals surface area contributed by atoms with Crippen LogP contribution in [-0.2, 0) is 4.79 Å². The summed E-state index contributed by atoms with van der Waals surface area (Å²) in [6.07, 6.45) is 5.23. The fraction of sp³-hybridized carbons (Fsp3) is 0.667. The van der Waals surface area contributed by atoms with Crippen molar-refractivity contribution in [3.63, 3.8) is 0 Å². The average Bonchev–Trinajstić information content (AvgIpc) is 2.68. The minimum Gasteiger partial charge on any atom is -0.315 e. The molecule has 0 saturated heterocycles. The summed E-state index contributed by atoms with van der Waals surface area (Å²) in [7, 11) is 0. The van der Waals surface area contributed by atoms with Crippen molar-refractivity contribution in [3.8, 4) is 6.07 Å². The van der Waals surface area contributed by atoms with Crippen LogP contribution in [0.2, 0.25) is 0 Å². The Hall–Kier alpha value is -1.41. The molecule has 1 aromatic rings. The van der Waals surface area contributed by atoms with Gasteiger partial charge in [-0.2, -0.15) is 9.64 Å². The molecular formula is C15H21N3OS. The third kappa shape index (κ3) is 3.57. The first-order valence-corrected chi connectivity index (χ1v) is 7.85.